The molecule has 4 nitrogen and oxygen atoms in total. The van der Waals surface area contributed by atoms with Gasteiger partial charge in [0, 0.05) is 18.2 Å². The number of likely N-dealkylation sites (tertiary alicyclic amines) is 1. The quantitative estimate of drug-likeness (QED) is 0.381. The number of benzene rings is 1. The van der Waals surface area contributed by atoms with E-state index >= 15 is 0 Å². The van der Waals surface area contributed by atoms with E-state index in [1.54, 1.807) is 12.1 Å². The predicted octanol–water partition coefficient (Wildman–Crippen LogP) is 2.29. The largest absolute Gasteiger partial charge is 0.409 e. The van der Waals surface area contributed by atoms with Crippen LogP contribution in [0.4, 0.5) is 4.39 Å². The van der Waals surface area contributed by atoms with E-state index in [1.165, 1.54) is 12.5 Å². The van der Waals surface area contributed by atoms with Crippen molar-refractivity contribution in [3.63, 3.8) is 0 Å². The van der Waals surface area contributed by atoms with Crippen LogP contribution in [0.3, 0.4) is 0 Å². The lowest BCUT2D eigenvalue weighted by Gasteiger charge is -2.33. The van der Waals surface area contributed by atoms with Gasteiger partial charge in [0.05, 0.1) is 5.56 Å². The zero-order chi connectivity index (χ0) is 13.8. The first-order chi connectivity index (χ1) is 9.13. The minimum atomic E-state index is -0.393. The Bertz CT molecular complexity index is 476. The van der Waals surface area contributed by atoms with Crippen LogP contribution in [0.15, 0.2) is 23.4 Å². The van der Waals surface area contributed by atoms with Gasteiger partial charge in [0.15, 0.2) is 5.84 Å². The average molecular weight is 265 g/mol. The smallest absolute Gasteiger partial charge is 0.173 e. The Hall–Kier alpha value is -1.62. The summed E-state index contributed by atoms with van der Waals surface area (Å²) < 4.78 is 14.3. The van der Waals surface area contributed by atoms with E-state index in [0.717, 1.165) is 19.4 Å². The Morgan fingerprint density at radius 3 is 3.00 bits per heavy atom. The van der Waals surface area contributed by atoms with Gasteiger partial charge < -0.3 is 10.9 Å². The van der Waals surface area contributed by atoms with Crippen molar-refractivity contribution in [1.82, 2.24) is 4.90 Å². The van der Waals surface area contributed by atoms with Crippen molar-refractivity contribution in [3.05, 3.63) is 35.1 Å². The SMILES string of the molecule is CC1CCCCN1Cc1cccc(/C(N)=N/O)c1F. The lowest BCUT2D eigenvalue weighted by atomic mass is 10.0. The van der Waals surface area contributed by atoms with Crippen LogP contribution < -0.4 is 5.73 Å². The van der Waals surface area contributed by atoms with Crippen LogP contribution in [0.5, 0.6) is 0 Å². The van der Waals surface area contributed by atoms with E-state index in [2.05, 4.69) is 17.0 Å². The van der Waals surface area contributed by atoms with Crippen molar-refractivity contribution in [2.75, 3.05) is 6.54 Å². The molecular weight excluding hydrogens is 245 g/mol. The second-order valence-electron chi connectivity index (χ2n) is 5.08. The van der Waals surface area contributed by atoms with Gasteiger partial charge in [0.25, 0.3) is 0 Å². The number of halogens is 1. The predicted molar refractivity (Wildman–Crippen MR) is 72.6 cm³/mol. The van der Waals surface area contributed by atoms with Crippen LogP contribution in [0, 0.1) is 5.82 Å². The molecule has 1 aliphatic rings. The van der Waals surface area contributed by atoms with Crippen LogP contribution in [-0.4, -0.2) is 28.5 Å². The van der Waals surface area contributed by atoms with Crippen LogP contribution in [0.25, 0.3) is 0 Å². The Morgan fingerprint density at radius 1 is 1.53 bits per heavy atom. The summed E-state index contributed by atoms with van der Waals surface area (Å²) in [5.74, 6) is -0.582. The summed E-state index contributed by atoms with van der Waals surface area (Å²) in [5, 5.41) is 11.5. The number of nitrogens with zero attached hydrogens (tertiary/aromatic N) is 2. The molecule has 1 aliphatic heterocycles. The van der Waals surface area contributed by atoms with Gasteiger partial charge in [-0.2, -0.15) is 0 Å². The molecule has 0 amide bonds. The minimum Gasteiger partial charge on any atom is -0.409 e. The molecule has 1 unspecified atom stereocenters. The number of hydrogen-bond donors (Lipinski definition) is 2. The standard InChI is InChI=1S/C14H20FN3O/c1-10-5-2-3-8-18(10)9-11-6-4-7-12(13(11)15)14(16)17-19/h4,6-7,10,19H,2-3,5,8-9H2,1H3,(H2,16,17). The highest BCUT2D eigenvalue weighted by atomic mass is 19.1. The maximum atomic E-state index is 14.3. The monoisotopic (exact) mass is 265 g/mol. The van der Waals surface area contributed by atoms with Gasteiger partial charge in [-0.3, -0.25) is 4.90 Å². The van der Waals surface area contributed by atoms with Crippen LogP contribution in [0.2, 0.25) is 0 Å². The lowest BCUT2D eigenvalue weighted by Crippen LogP contribution is -2.37. The van der Waals surface area contributed by atoms with E-state index in [9.17, 15) is 4.39 Å². The normalized spacial score (nSPS) is 21.6. The molecule has 2 rings (SSSR count). The fourth-order valence-electron chi connectivity index (χ4n) is 2.56. The van der Waals surface area contributed by atoms with Gasteiger partial charge in [0.2, 0.25) is 0 Å². The van der Waals surface area contributed by atoms with Gasteiger partial charge in [-0.15, -0.1) is 0 Å². The molecule has 0 bridgehead atoms. The molecule has 0 aliphatic carbocycles. The zero-order valence-corrected chi connectivity index (χ0v) is 11.1. The van der Waals surface area contributed by atoms with E-state index in [-0.39, 0.29) is 11.4 Å². The van der Waals surface area contributed by atoms with E-state index in [4.69, 9.17) is 10.9 Å². The number of amidine groups is 1. The molecule has 0 saturated carbocycles. The van der Waals surface area contributed by atoms with Crippen molar-refractivity contribution < 1.29 is 9.60 Å². The molecule has 1 heterocycles. The molecule has 1 atom stereocenters. The molecule has 1 fully saturated rings. The summed E-state index contributed by atoms with van der Waals surface area (Å²) in [5.41, 5.74) is 6.22. The molecule has 5 heteroatoms. The average Bonchev–Trinajstić information content (AvgIpc) is 2.42. The summed E-state index contributed by atoms with van der Waals surface area (Å²) in [6, 6.07) is 5.49. The summed E-state index contributed by atoms with van der Waals surface area (Å²) in [7, 11) is 0. The van der Waals surface area contributed by atoms with Gasteiger partial charge in [-0.05, 0) is 32.4 Å². The van der Waals surface area contributed by atoms with E-state index in [0.29, 0.717) is 18.2 Å². The van der Waals surface area contributed by atoms with Gasteiger partial charge in [0.1, 0.15) is 5.82 Å². The molecule has 1 saturated heterocycles. The van der Waals surface area contributed by atoms with Crippen molar-refractivity contribution in [1.29, 1.82) is 0 Å². The Labute approximate surface area is 112 Å². The third kappa shape index (κ3) is 3.04. The number of hydrogen-bond acceptors (Lipinski definition) is 3. The lowest BCUT2D eigenvalue weighted by molar-refractivity contribution is 0.151. The fraction of sp³-hybridized carbons (Fsp3) is 0.500. The molecule has 104 valence electrons. The molecule has 0 spiro atoms. The van der Waals surface area contributed by atoms with Crippen molar-refractivity contribution in [2.24, 2.45) is 10.9 Å². The Kier molecular flexibility index (Phi) is 4.37. The number of rotatable bonds is 3. The van der Waals surface area contributed by atoms with Crippen LogP contribution >= 0.6 is 0 Å². The summed E-state index contributed by atoms with van der Waals surface area (Å²) >= 11 is 0. The third-order valence-electron chi connectivity index (χ3n) is 3.78. The highest BCUT2D eigenvalue weighted by Crippen LogP contribution is 2.21. The van der Waals surface area contributed by atoms with Crippen molar-refractivity contribution >= 4 is 5.84 Å². The van der Waals surface area contributed by atoms with E-state index < -0.39 is 5.82 Å². The number of nitrogens with two attached hydrogens (primary N) is 1. The molecule has 0 aromatic heterocycles. The summed E-state index contributed by atoms with van der Waals surface area (Å²) in [4.78, 5) is 2.28. The molecule has 1 aromatic rings. The number of oxime groups is 1. The van der Waals surface area contributed by atoms with Crippen LogP contribution in [-0.2, 0) is 6.54 Å². The van der Waals surface area contributed by atoms with Crippen molar-refractivity contribution in [2.45, 2.75) is 38.8 Å². The van der Waals surface area contributed by atoms with Gasteiger partial charge in [-0.25, -0.2) is 4.39 Å². The molecule has 1 aromatic carbocycles. The van der Waals surface area contributed by atoms with Gasteiger partial charge in [-0.1, -0.05) is 23.7 Å². The van der Waals surface area contributed by atoms with Crippen LogP contribution in [0.1, 0.15) is 37.3 Å². The maximum Gasteiger partial charge on any atom is 0.173 e. The Balaban J connectivity index is 2.21. The Morgan fingerprint density at radius 2 is 2.32 bits per heavy atom. The van der Waals surface area contributed by atoms with Crippen molar-refractivity contribution in [3.8, 4) is 0 Å². The summed E-state index contributed by atoms with van der Waals surface area (Å²) in [6.07, 6.45) is 3.55. The summed E-state index contributed by atoms with van der Waals surface area (Å²) in [6.45, 7) is 3.73. The minimum absolute atomic E-state index is 0.157. The molecule has 19 heavy (non-hydrogen) atoms. The fourth-order valence-corrected chi connectivity index (χ4v) is 2.56. The third-order valence-corrected chi connectivity index (χ3v) is 3.78. The van der Waals surface area contributed by atoms with Gasteiger partial charge >= 0.3 is 0 Å². The second-order valence-corrected chi connectivity index (χ2v) is 5.08. The molecular formula is C14H20FN3O. The first-order valence-electron chi connectivity index (χ1n) is 6.63. The zero-order valence-electron chi connectivity index (χ0n) is 11.1. The van der Waals surface area contributed by atoms with E-state index in [1.807, 2.05) is 0 Å². The first kappa shape index (κ1) is 13.8. The topological polar surface area (TPSA) is 61.8 Å². The second kappa shape index (κ2) is 6.02. The number of piperidine rings is 1. The molecule has 3 N–H and O–H groups in total. The first-order valence-corrected chi connectivity index (χ1v) is 6.63. The maximum absolute atomic E-state index is 14.3. The molecule has 0 radical (unpaired) electrons. The highest BCUT2D eigenvalue weighted by molar-refractivity contribution is 5.97. The highest BCUT2D eigenvalue weighted by Gasteiger charge is 2.20.